The molecule has 19 heavy (non-hydrogen) atoms. The third kappa shape index (κ3) is 4.59. The van der Waals surface area contributed by atoms with Gasteiger partial charge < -0.3 is 10.2 Å². The Labute approximate surface area is 125 Å². The van der Waals surface area contributed by atoms with Gasteiger partial charge in [-0.3, -0.25) is 0 Å². The van der Waals surface area contributed by atoms with Gasteiger partial charge in [-0.2, -0.15) is 0 Å². The zero-order valence-corrected chi connectivity index (χ0v) is 13.6. The van der Waals surface area contributed by atoms with Crippen LogP contribution in [0.5, 0.6) is 0 Å². The Bertz CT molecular complexity index is 394. The number of hydrogen-bond acceptors (Lipinski definition) is 2. The number of halogens is 1. The van der Waals surface area contributed by atoms with E-state index < -0.39 is 0 Å². The SMILES string of the molecule is CNC1CCCCC1CN(C)Cc1cccc(Br)c1. The van der Waals surface area contributed by atoms with E-state index in [2.05, 4.69) is 64.5 Å². The predicted molar refractivity (Wildman–Crippen MR) is 85.3 cm³/mol. The molecule has 106 valence electrons. The van der Waals surface area contributed by atoms with Crippen LogP contribution in [0.4, 0.5) is 0 Å². The summed E-state index contributed by atoms with van der Waals surface area (Å²) in [7, 11) is 4.35. The van der Waals surface area contributed by atoms with Gasteiger partial charge in [0, 0.05) is 23.6 Å². The van der Waals surface area contributed by atoms with E-state index in [0.717, 1.165) is 12.5 Å². The van der Waals surface area contributed by atoms with E-state index >= 15 is 0 Å². The van der Waals surface area contributed by atoms with Crippen LogP contribution in [-0.2, 0) is 6.54 Å². The molecule has 1 aliphatic carbocycles. The van der Waals surface area contributed by atoms with Crippen molar-refractivity contribution >= 4 is 15.9 Å². The van der Waals surface area contributed by atoms with Crippen LogP contribution in [0.3, 0.4) is 0 Å². The molecular formula is C16H25BrN2. The van der Waals surface area contributed by atoms with Crippen molar-refractivity contribution in [3.8, 4) is 0 Å². The van der Waals surface area contributed by atoms with E-state index in [1.165, 1.54) is 42.3 Å². The lowest BCUT2D eigenvalue weighted by molar-refractivity contribution is 0.190. The Balaban J connectivity index is 1.87. The first-order valence-electron chi connectivity index (χ1n) is 7.29. The van der Waals surface area contributed by atoms with Crippen LogP contribution < -0.4 is 5.32 Å². The third-order valence-electron chi connectivity index (χ3n) is 4.17. The van der Waals surface area contributed by atoms with Gasteiger partial charge >= 0.3 is 0 Å². The molecule has 3 heteroatoms. The maximum Gasteiger partial charge on any atom is 0.0231 e. The van der Waals surface area contributed by atoms with Gasteiger partial charge in [0.15, 0.2) is 0 Å². The van der Waals surface area contributed by atoms with Crippen LogP contribution in [0.25, 0.3) is 0 Å². The minimum absolute atomic E-state index is 0.707. The topological polar surface area (TPSA) is 15.3 Å². The summed E-state index contributed by atoms with van der Waals surface area (Å²) in [6.45, 7) is 2.23. The molecule has 0 saturated heterocycles. The lowest BCUT2D eigenvalue weighted by Crippen LogP contribution is -2.41. The molecule has 1 aliphatic rings. The highest BCUT2D eigenvalue weighted by molar-refractivity contribution is 9.10. The highest BCUT2D eigenvalue weighted by Gasteiger charge is 2.24. The summed E-state index contributed by atoms with van der Waals surface area (Å²) in [6.07, 6.45) is 5.49. The van der Waals surface area contributed by atoms with E-state index in [4.69, 9.17) is 0 Å². The summed E-state index contributed by atoms with van der Waals surface area (Å²) in [6, 6.07) is 9.33. The Hall–Kier alpha value is -0.380. The van der Waals surface area contributed by atoms with E-state index in [9.17, 15) is 0 Å². The standard InChI is InChI=1S/C16H25BrN2/c1-18-16-9-4-3-7-14(16)12-19(2)11-13-6-5-8-15(17)10-13/h5-6,8,10,14,16,18H,3-4,7,9,11-12H2,1-2H3. The molecule has 0 amide bonds. The fourth-order valence-electron chi connectivity index (χ4n) is 3.22. The number of hydrogen-bond donors (Lipinski definition) is 1. The number of rotatable bonds is 5. The Kier molecular flexibility index (Phi) is 5.86. The Morgan fingerprint density at radius 3 is 2.84 bits per heavy atom. The van der Waals surface area contributed by atoms with Crippen LogP contribution in [0.15, 0.2) is 28.7 Å². The van der Waals surface area contributed by atoms with E-state index in [-0.39, 0.29) is 0 Å². The van der Waals surface area contributed by atoms with Gasteiger partial charge in [-0.15, -0.1) is 0 Å². The predicted octanol–water partition coefficient (Wildman–Crippen LogP) is 3.66. The van der Waals surface area contributed by atoms with E-state index in [0.29, 0.717) is 6.04 Å². The maximum absolute atomic E-state index is 3.54. The minimum Gasteiger partial charge on any atom is -0.317 e. The summed E-state index contributed by atoms with van der Waals surface area (Å²) < 4.78 is 1.17. The molecule has 0 spiro atoms. The van der Waals surface area contributed by atoms with Gasteiger partial charge in [0.2, 0.25) is 0 Å². The largest absolute Gasteiger partial charge is 0.317 e. The van der Waals surface area contributed by atoms with Crippen LogP contribution in [-0.4, -0.2) is 31.6 Å². The molecule has 2 rings (SSSR count). The van der Waals surface area contributed by atoms with Gasteiger partial charge in [0.1, 0.15) is 0 Å². The monoisotopic (exact) mass is 324 g/mol. The zero-order valence-electron chi connectivity index (χ0n) is 12.0. The average Bonchev–Trinajstić information content (AvgIpc) is 2.39. The first kappa shape index (κ1) is 15.0. The van der Waals surface area contributed by atoms with Crippen molar-refractivity contribution < 1.29 is 0 Å². The first-order valence-corrected chi connectivity index (χ1v) is 8.08. The van der Waals surface area contributed by atoms with Gasteiger partial charge in [-0.1, -0.05) is 40.9 Å². The van der Waals surface area contributed by atoms with Gasteiger partial charge in [0.25, 0.3) is 0 Å². The van der Waals surface area contributed by atoms with Gasteiger partial charge in [-0.25, -0.2) is 0 Å². The van der Waals surface area contributed by atoms with Crippen molar-refractivity contribution in [2.45, 2.75) is 38.3 Å². The molecule has 0 bridgehead atoms. The van der Waals surface area contributed by atoms with Crippen molar-refractivity contribution in [1.82, 2.24) is 10.2 Å². The molecule has 1 aromatic rings. The summed E-state index contributed by atoms with van der Waals surface area (Å²) in [5.74, 6) is 0.802. The number of nitrogens with zero attached hydrogens (tertiary/aromatic N) is 1. The van der Waals surface area contributed by atoms with Crippen molar-refractivity contribution in [3.63, 3.8) is 0 Å². The molecule has 0 aliphatic heterocycles. The molecule has 2 nitrogen and oxygen atoms in total. The molecule has 1 fully saturated rings. The molecule has 1 N–H and O–H groups in total. The van der Waals surface area contributed by atoms with Crippen LogP contribution in [0.1, 0.15) is 31.2 Å². The second-order valence-electron chi connectivity index (χ2n) is 5.77. The number of nitrogens with one attached hydrogen (secondary N) is 1. The highest BCUT2D eigenvalue weighted by atomic mass is 79.9. The fraction of sp³-hybridized carbons (Fsp3) is 0.625. The first-order chi connectivity index (χ1) is 9.19. The normalized spacial score (nSPS) is 23.8. The lowest BCUT2D eigenvalue weighted by atomic mass is 9.84. The molecule has 2 atom stereocenters. The number of benzene rings is 1. The van der Waals surface area contributed by atoms with E-state index in [1.807, 2.05) is 0 Å². The molecule has 0 heterocycles. The zero-order chi connectivity index (χ0) is 13.7. The van der Waals surface area contributed by atoms with Crippen molar-refractivity contribution in [2.24, 2.45) is 5.92 Å². The molecule has 0 radical (unpaired) electrons. The molecular weight excluding hydrogens is 300 g/mol. The van der Waals surface area contributed by atoms with Crippen LogP contribution in [0, 0.1) is 5.92 Å². The summed E-state index contributed by atoms with van der Waals surface area (Å²) in [5, 5.41) is 3.50. The summed E-state index contributed by atoms with van der Waals surface area (Å²) in [4.78, 5) is 2.46. The van der Waals surface area contributed by atoms with E-state index in [1.54, 1.807) is 0 Å². The summed E-state index contributed by atoms with van der Waals surface area (Å²) >= 11 is 3.54. The quantitative estimate of drug-likeness (QED) is 0.889. The van der Waals surface area contributed by atoms with Crippen LogP contribution >= 0.6 is 15.9 Å². The van der Waals surface area contributed by atoms with Crippen molar-refractivity contribution in [2.75, 3.05) is 20.6 Å². The second kappa shape index (κ2) is 7.41. The summed E-state index contributed by atoms with van der Waals surface area (Å²) in [5.41, 5.74) is 1.38. The molecule has 1 saturated carbocycles. The Morgan fingerprint density at radius 2 is 2.11 bits per heavy atom. The highest BCUT2D eigenvalue weighted by Crippen LogP contribution is 2.25. The Morgan fingerprint density at radius 1 is 1.32 bits per heavy atom. The van der Waals surface area contributed by atoms with Crippen molar-refractivity contribution in [3.05, 3.63) is 34.3 Å². The fourth-order valence-corrected chi connectivity index (χ4v) is 3.66. The average molecular weight is 325 g/mol. The van der Waals surface area contributed by atoms with Crippen LogP contribution in [0.2, 0.25) is 0 Å². The van der Waals surface area contributed by atoms with Gasteiger partial charge in [-0.05, 0) is 50.6 Å². The maximum atomic E-state index is 3.54. The lowest BCUT2D eigenvalue weighted by Gasteiger charge is -2.34. The molecule has 2 unspecified atom stereocenters. The molecule has 0 aromatic heterocycles. The third-order valence-corrected chi connectivity index (χ3v) is 4.66. The molecule has 1 aromatic carbocycles. The minimum atomic E-state index is 0.707. The second-order valence-corrected chi connectivity index (χ2v) is 6.68. The van der Waals surface area contributed by atoms with Crippen molar-refractivity contribution in [1.29, 1.82) is 0 Å². The smallest absolute Gasteiger partial charge is 0.0231 e. The van der Waals surface area contributed by atoms with Gasteiger partial charge in [0.05, 0.1) is 0 Å².